The van der Waals surface area contributed by atoms with Crippen LogP contribution in [0.2, 0.25) is 0 Å². The number of methoxy groups -OCH3 is 1. The number of carbonyl (C=O) groups excluding carboxylic acids is 1. The molecule has 10 heteroatoms. The first kappa shape index (κ1) is 23.7. The molecule has 4 N–H and O–H groups in total. The number of nitrogens with one attached hydrogen (secondary N) is 2. The zero-order valence-corrected chi connectivity index (χ0v) is 17.1. The maximum atomic E-state index is 13.0. The van der Waals surface area contributed by atoms with Crippen LogP contribution in [0.4, 0.5) is 15.8 Å². The normalized spacial score (nSPS) is 11.9. The van der Waals surface area contributed by atoms with Crippen LogP contribution >= 0.6 is 12.4 Å². The predicted molar refractivity (Wildman–Crippen MR) is 109 cm³/mol. The van der Waals surface area contributed by atoms with Gasteiger partial charge in [-0.2, -0.15) is 0 Å². The Morgan fingerprint density at radius 3 is 2.43 bits per heavy atom. The van der Waals surface area contributed by atoms with Crippen molar-refractivity contribution in [3.63, 3.8) is 0 Å². The van der Waals surface area contributed by atoms with E-state index in [2.05, 4.69) is 10.0 Å². The Morgan fingerprint density at radius 1 is 1.21 bits per heavy atom. The summed E-state index contributed by atoms with van der Waals surface area (Å²) in [7, 11) is -2.58. The third kappa shape index (κ3) is 6.08. The van der Waals surface area contributed by atoms with E-state index in [9.17, 15) is 17.6 Å². The second-order valence-electron chi connectivity index (χ2n) is 5.86. The van der Waals surface area contributed by atoms with E-state index < -0.39 is 21.9 Å². The lowest BCUT2D eigenvalue weighted by atomic mass is 10.1. The van der Waals surface area contributed by atoms with E-state index in [4.69, 9.17) is 10.5 Å². The first-order chi connectivity index (χ1) is 12.8. The highest BCUT2D eigenvalue weighted by atomic mass is 35.5. The molecule has 0 spiro atoms. The Hall–Kier alpha value is -2.36. The molecule has 0 heterocycles. The molecule has 1 amide bonds. The molecule has 0 aliphatic heterocycles. The van der Waals surface area contributed by atoms with Gasteiger partial charge in [0, 0.05) is 5.69 Å². The average Bonchev–Trinajstić information content (AvgIpc) is 2.62. The van der Waals surface area contributed by atoms with Gasteiger partial charge in [-0.3, -0.25) is 9.52 Å². The van der Waals surface area contributed by atoms with Crippen LogP contribution in [0.25, 0.3) is 0 Å². The van der Waals surface area contributed by atoms with E-state index in [1.807, 2.05) is 6.92 Å². The fourth-order valence-corrected chi connectivity index (χ4v) is 3.42. The SMILES string of the molecule is CCCC(N)C(=O)Nc1ccc(OC)c(NS(=O)(=O)c2ccc(F)cc2)c1.Cl. The van der Waals surface area contributed by atoms with E-state index in [1.54, 1.807) is 6.07 Å². The van der Waals surface area contributed by atoms with Gasteiger partial charge in [0.2, 0.25) is 5.91 Å². The fraction of sp³-hybridized carbons (Fsp3) is 0.278. The summed E-state index contributed by atoms with van der Waals surface area (Å²) in [5.74, 6) is -0.648. The third-order valence-electron chi connectivity index (χ3n) is 3.77. The number of carbonyl (C=O) groups is 1. The molecule has 0 aliphatic rings. The Kier molecular flexibility index (Phi) is 8.67. The van der Waals surface area contributed by atoms with Crippen molar-refractivity contribution in [2.75, 3.05) is 17.1 Å². The van der Waals surface area contributed by atoms with Crippen LogP contribution in [-0.2, 0) is 14.8 Å². The van der Waals surface area contributed by atoms with Gasteiger partial charge in [0.15, 0.2) is 0 Å². The van der Waals surface area contributed by atoms with Crippen LogP contribution in [0.1, 0.15) is 19.8 Å². The lowest BCUT2D eigenvalue weighted by Gasteiger charge is -2.15. The Morgan fingerprint density at radius 2 is 1.86 bits per heavy atom. The highest BCUT2D eigenvalue weighted by Crippen LogP contribution is 2.30. The van der Waals surface area contributed by atoms with Crippen LogP contribution in [-0.4, -0.2) is 27.5 Å². The lowest BCUT2D eigenvalue weighted by molar-refractivity contribution is -0.117. The number of amides is 1. The monoisotopic (exact) mass is 431 g/mol. The van der Waals surface area contributed by atoms with Crippen molar-refractivity contribution in [1.29, 1.82) is 0 Å². The smallest absolute Gasteiger partial charge is 0.262 e. The molecule has 0 saturated heterocycles. The van der Waals surface area contributed by atoms with Gasteiger partial charge in [-0.25, -0.2) is 12.8 Å². The fourth-order valence-electron chi connectivity index (χ4n) is 2.36. The molecule has 0 radical (unpaired) electrons. The molecule has 2 aromatic rings. The summed E-state index contributed by atoms with van der Waals surface area (Å²) in [6.45, 7) is 1.92. The summed E-state index contributed by atoms with van der Waals surface area (Å²) in [4.78, 5) is 12.0. The van der Waals surface area contributed by atoms with Crippen LogP contribution in [0.5, 0.6) is 5.75 Å². The Bertz CT molecular complexity index is 908. The summed E-state index contributed by atoms with van der Waals surface area (Å²) in [5.41, 5.74) is 6.27. The van der Waals surface area contributed by atoms with Crippen LogP contribution < -0.4 is 20.5 Å². The van der Waals surface area contributed by atoms with Gasteiger partial charge >= 0.3 is 0 Å². The van der Waals surface area contributed by atoms with E-state index in [-0.39, 0.29) is 34.6 Å². The first-order valence-corrected chi connectivity index (χ1v) is 9.78. The molecule has 154 valence electrons. The molecule has 0 aromatic heterocycles. The highest BCUT2D eigenvalue weighted by molar-refractivity contribution is 7.92. The number of anilines is 2. The first-order valence-electron chi connectivity index (χ1n) is 8.29. The van der Waals surface area contributed by atoms with Crippen molar-refractivity contribution in [3.05, 3.63) is 48.3 Å². The zero-order chi connectivity index (χ0) is 20.0. The number of nitrogens with two attached hydrogens (primary N) is 1. The summed E-state index contributed by atoms with van der Waals surface area (Å²) < 4.78 is 45.6. The van der Waals surface area contributed by atoms with Gasteiger partial charge in [0.25, 0.3) is 10.0 Å². The van der Waals surface area contributed by atoms with Crippen LogP contribution in [0.3, 0.4) is 0 Å². The maximum absolute atomic E-state index is 13.0. The number of benzene rings is 2. The largest absolute Gasteiger partial charge is 0.495 e. The lowest BCUT2D eigenvalue weighted by Crippen LogP contribution is -2.35. The molecule has 2 rings (SSSR count). The van der Waals surface area contributed by atoms with Gasteiger partial charge < -0.3 is 15.8 Å². The molecule has 0 saturated carbocycles. The summed E-state index contributed by atoms with van der Waals surface area (Å²) in [6.07, 6.45) is 1.30. The molecule has 0 bridgehead atoms. The second-order valence-corrected chi connectivity index (χ2v) is 7.54. The third-order valence-corrected chi connectivity index (χ3v) is 5.15. The van der Waals surface area contributed by atoms with Crippen molar-refractivity contribution in [3.8, 4) is 5.75 Å². The van der Waals surface area contributed by atoms with Gasteiger partial charge in [-0.1, -0.05) is 13.3 Å². The van der Waals surface area contributed by atoms with E-state index in [0.29, 0.717) is 12.1 Å². The number of halogens is 2. The number of ether oxygens (including phenoxy) is 1. The number of rotatable bonds is 8. The Balaban J connectivity index is 0.00000392. The standard InChI is InChI=1S/C18H22FN3O4S.ClH/c1-3-4-15(20)18(23)21-13-7-10-17(26-2)16(11-13)22-27(24,25)14-8-5-12(19)6-9-14;/h5-11,15,22H,3-4,20H2,1-2H3,(H,21,23);1H. The van der Waals surface area contributed by atoms with Gasteiger partial charge in [0.05, 0.1) is 23.7 Å². The zero-order valence-electron chi connectivity index (χ0n) is 15.4. The van der Waals surface area contributed by atoms with Crippen LogP contribution in [0, 0.1) is 5.82 Å². The summed E-state index contributed by atoms with van der Waals surface area (Å²) in [5, 5.41) is 2.65. The Labute approximate surface area is 169 Å². The van der Waals surface area contributed by atoms with Crippen LogP contribution in [0.15, 0.2) is 47.4 Å². The molecular formula is C18H23ClFN3O4S. The molecule has 1 unspecified atom stereocenters. The van der Waals surface area contributed by atoms with Crippen molar-refractivity contribution in [1.82, 2.24) is 0 Å². The molecule has 7 nitrogen and oxygen atoms in total. The van der Waals surface area contributed by atoms with E-state index >= 15 is 0 Å². The van der Waals surface area contributed by atoms with Crippen molar-refractivity contribution < 1.29 is 22.3 Å². The number of hydrogen-bond acceptors (Lipinski definition) is 5. The van der Waals surface area contributed by atoms with Gasteiger partial charge in [-0.15, -0.1) is 12.4 Å². The minimum Gasteiger partial charge on any atom is -0.495 e. The molecular weight excluding hydrogens is 409 g/mol. The van der Waals surface area contributed by atoms with E-state index in [1.165, 1.54) is 19.2 Å². The van der Waals surface area contributed by atoms with Crippen molar-refractivity contribution in [2.24, 2.45) is 5.73 Å². The summed E-state index contributed by atoms with van der Waals surface area (Å²) >= 11 is 0. The number of sulfonamides is 1. The molecule has 2 aromatic carbocycles. The average molecular weight is 432 g/mol. The highest BCUT2D eigenvalue weighted by Gasteiger charge is 2.18. The number of hydrogen-bond donors (Lipinski definition) is 3. The predicted octanol–water partition coefficient (Wildman–Crippen LogP) is 3.12. The molecule has 0 fully saturated rings. The summed E-state index contributed by atoms with van der Waals surface area (Å²) in [6, 6.07) is 8.27. The maximum Gasteiger partial charge on any atom is 0.262 e. The quantitative estimate of drug-likeness (QED) is 0.594. The molecule has 28 heavy (non-hydrogen) atoms. The van der Waals surface area contributed by atoms with Crippen molar-refractivity contribution >= 4 is 39.7 Å². The minimum absolute atomic E-state index is 0. The second kappa shape index (κ2) is 10.3. The van der Waals surface area contributed by atoms with Gasteiger partial charge in [0.1, 0.15) is 11.6 Å². The van der Waals surface area contributed by atoms with Gasteiger partial charge in [-0.05, 0) is 48.9 Å². The minimum atomic E-state index is -3.97. The molecule has 0 aliphatic carbocycles. The topological polar surface area (TPSA) is 111 Å². The van der Waals surface area contributed by atoms with E-state index in [0.717, 1.165) is 30.7 Å². The molecule has 1 atom stereocenters. The van der Waals surface area contributed by atoms with Crippen molar-refractivity contribution in [2.45, 2.75) is 30.7 Å².